The Morgan fingerprint density at radius 1 is 1.22 bits per heavy atom. The van der Waals surface area contributed by atoms with Crippen LogP contribution >= 0.6 is 0 Å². The molecule has 2 atom stereocenters. The van der Waals surface area contributed by atoms with Gasteiger partial charge in [0.15, 0.2) is 0 Å². The molecule has 2 heterocycles. The quantitative estimate of drug-likeness (QED) is 0.829. The van der Waals surface area contributed by atoms with E-state index < -0.39 is 0 Å². The van der Waals surface area contributed by atoms with Gasteiger partial charge in [0.1, 0.15) is 11.9 Å². The van der Waals surface area contributed by atoms with Crippen molar-refractivity contribution in [3.8, 4) is 5.75 Å². The van der Waals surface area contributed by atoms with Crippen LogP contribution in [0, 0.1) is 12.8 Å². The molecule has 0 saturated carbocycles. The third-order valence-electron chi connectivity index (χ3n) is 4.12. The summed E-state index contributed by atoms with van der Waals surface area (Å²) in [6.45, 7) is 3.82. The van der Waals surface area contributed by atoms with Gasteiger partial charge in [-0.2, -0.15) is 0 Å². The Balaban J connectivity index is 1.80. The number of ether oxygens (including phenoxy) is 2. The number of aryl methyl sites for hydroxylation is 1. The van der Waals surface area contributed by atoms with E-state index in [0.29, 0.717) is 5.92 Å². The Morgan fingerprint density at radius 2 is 2.00 bits per heavy atom. The van der Waals surface area contributed by atoms with E-state index in [1.165, 1.54) is 11.1 Å². The van der Waals surface area contributed by atoms with E-state index in [1.54, 1.807) is 0 Å². The lowest BCUT2D eigenvalue weighted by Crippen LogP contribution is -2.37. The van der Waals surface area contributed by atoms with Crippen molar-refractivity contribution in [1.82, 2.24) is 0 Å². The third-order valence-corrected chi connectivity index (χ3v) is 4.12. The highest BCUT2D eigenvalue weighted by Gasteiger charge is 2.32. The maximum atomic E-state index is 6.30. The van der Waals surface area contributed by atoms with Gasteiger partial charge in [-0.15, -0.1) is 0 Å². The van der Waals surface area contributed by atoms with E-state index in [9.17, 15) is 0 Å². The molecule has 0 radical (unpaired) electrons. The first-order valence-electron chi connectivity index (χ1n) is 6.84. The Hall–Kier alpha value is -1.06. The minimum Gasteiger partial charge on any atom is -0.490 e. The van der Waals surface area contributed by atoms with Gasteiger partial charge in [0, 0.05) is 37.2 Å². The van der Waals surface area contributed by atoms with Crippen LogP contribution in [0.3, 0.4) is 0 Å². The summed E-state index contributed by atoms with van der Waals surface area (Å²) in [7, 11) is 0. The Morgan fingerprint density at radius 3 is 2.78 bits per heavy atom. The molecular weight excluding hydrogens is 226 g/mol. The molecule has 98 valence electrons. The van der Waals surface area contributed by atoms with E-state index in [1.807, 2.05) is 0 Å². The normalized spacial score (nSPS) is 28.6. The average molecular weight is 247 g/mol. The lowest BCUT2D eigenvalue weighted by Gasteiger charge is -2.36. The van der Waals surface area contributed by atoms with Gasteiger partial charge >= 0.3 is 0 Å². The highest BCUT2D eigenvalue weighted by Crippen LogP contribution is 2.38. The first-order chi connectivity index (χ1) is 8.74. The van der Waals surface area contributed by atoms with E-state index in [2.05, 4.69) is 25.1 Å². The van der Waals surface area contributed by atoms with Gasteiger partial charge in [0.05, 0.1) is 0 Å². The van der Waals surface area contributed by atoms with Crippen molar-refractivity contribution in [3.05, 3.63) is 29.3 Å². The van der Waals surface area contributed by atoms with Gasteiger partial charge in [-0.05, 0) is 25.8 Å². The lowest BCUT2D eigenvalue weighted by atomic mass is 9.86. The molecule has 0 aliphatic carbocycles. The van der Waals surface area contributed by atoms with Crippen LogP contribution in [-0.2, 0) is 4.74 Å². The zero-order chi connectivity index (χ0) is 12.5. The molecule has 2 aliphatic rings. The van der Waals surface area contributed by atoms with E-state index in [-0.39, 0.29) is 12.1 Å². The van der Waals surface area contributed by atoms with Crippen molar-refractivity contribution in [2.75, 3.05) is 13.2 Å². The van der Waals surface area contributed by atoms with Crippen molar-refractivity contribution in [3.63, 3.8) is 0 Å². The van der Waals surface area contributed by atoms with Crippen molar-refractivity contribution in [1.29, 1.82) is 0 Å². The molecule has 3 rings (SSSR count). The second-order valence-corrected chi connectivity index (χ2v) is 5.49. The summed E-state index contributed by atoms with van der Waals surface area (Å²) in [6, 6.07) is 6.43. The van der Waals surface area contributed by atoms with Crippen molar-refractivity contribution < 1.29 is 9.47 Å². The molecule has 2 aliphatic heterocycles. The van der Waals surface area contributed by atoms with Crippen LogP contribution in [0.15, 0.2) is 18.2 Å². The summed E-state index contributed by atoms with van der Waals surface area (Å²) >= 11 is 0. The minimum absolute atomic E-state index is 0.112. The summed E-state index contributed by atoms with van der Waals surface area (Å²) in [6.07, 6.45) is 3.39. The van der Waals surface area contributed by atoms with Crippen LogP contribution in [0.4, 0.5) is 0 Å². The zero-order valence-electron chi connectivity index (χ0n) is 10.9. The van der Waals surface area contributed by atoms with E-state index >= 15 is 0 Å². The third kappa shape index (κ3) is 2.25. The average Bonchev–Trinajstić information content (AvgIpc) is 2.40. The molecule has 0 aromatic heterocycles. The van der Waals surface area contributed by atoms with Gasteiger partial charge in [-0.25, -0.2) is 0 Å². The van der Waals surface area contributed by atoms with Crippen LogP contribution in [0.2, 0.25) is 0 Å². The van der Waals surface area contributed by atoms with Crippen LogP contribution in [0.5, 0.6) is 5.75 Å². The topological polar surface area (TPSA) is 44.5 Å². The summed E-state index contributed by atoms with van der Waals surface area (Å²) < 4.78 is 11.6. The van der Waals surface area contributed by atoms with Gasteiger partial charge in [0.25, 0.3) is 0 Å². The van der Waals surface area contributed by atoms with E-state index in [0.717, 1.165) is 38.2 Å². The number of hydrogen-bond donors (Lipinski definition) is 1. The first-order valence-corrected chi connectivity index (χ1v) is 6.84. The summed E-state index contributed by atoms with van der Waals surface area (Å²) in [5.74, 6) is 1.58. The molecule has 0 amide bonds. The molecule has 1 fully saturated rings. The number of fused-ring (bicyclic) bond motifs is 1. The SMILES string of the molecule is Cc1ccc2c(c1)C(N)CC(C1CCOCC1)O2. The first kappa shape index (κ1) is 12.0. The maximum Gasteiger partial charge on any atom is 0.124 e. The Kier molecular flexibility index (Phi) is 3.27. The van der Waals surface area contributed by atoms with Crippen molar-refractivity contribution in [2.24, 2.45) is 11.7 Å². The predicted molar refractivity (Wildman–Crippen MR) is 70.7 cm³/mol. The maximum absolute atomic E-state index is 6.30. The molecule has 2 N–H and O–H groups in total. The number of benzene rings is 1. The highest BCUT2D eigenvalue weighted by molar-refractivity contribution is 5.40. The number of nitrogens with two attached hydrogens (primary N) is 1. The standard InChI is InChI=1S/C15H21NO2/c1-10-2-3-14-12(8-10)13(16)9-15(18-14)11-4-6-17-7-5-11/h2-3,8,11,13,15H,4-7,9,16H2,1H3. The minimum atomic E-state index is 0.112. The fraction of sp³-hybridized carbons (Fsp3) is 0.600. The van der Waals surface area contributed by atoms with E-state index in [4.69, 9.17) is 15.2 Å². The summed E-state index contributed by atoms with van der Waals surface area (Å²) in [4.78, 5) is 0. The monoisotopic (exact) mass is 247 g/mol. The van der Waals surface area contributed by atoms with Crippen LogP contribution in [0.1, 0.15) is 36.4 Å². The van der Waals surface area contributed by atoms with Crippen LogP contribution < -0.4 is 10.5 Å². The molecule has 0 bridgehead atoms. The Labute approximate surface area is 108 Å². The second kappa shape index (κ2) is 4.90. The Bertz CT molecular complexity index is 427. The molecule has 2 unspecified atom stereocenters. The molecule has 3 nitrogen and oxygen atoms in total. The van der Waals surface area contributed by atoms with Gasteiger partial charge in [-0.3, -0.25) is 0 Å². The fourth-order valence-electron chi connectivity index (χ4n) is 3.03. The summed E-state index contributed by atoms with van der Waals surface area (Å²) in [5, 5.41) is 0. The molecule has 1 aromatic carbocycles. The molecule has 1 aromatic rings. The van der Waals surface area contributed by atoms with Gasteiger partial charge in [-0.1, -0.05) is 17.7 Å². The predicted octanol–water partition coefficient (Wildman–Crippen LogP) is 2.57. The highest BCUT2D eigenvalue weighted by atomic mass is 16.5. The number of rotatable bonds is 1. The lowest BCUT2D eigenvalue weighted by molar-refractivity contribution is 0.00729. The summed E-state index contributed by atoms with van der Waals surface area (Å²) in [5.41, 5.74) is 8.71. The van der Waals surface area contributed by atoms with Crippen molar-refractivity contribution >= 4 is 0 Å². The van der Waals surface area contributed by atoms with Gasteiger partial charge in [0.2, 0.25) is 0 Å². The number of hydrogen-bond acceptors (Lipinski definition) is 3. The molecule has 3 heteroatoms. The zero-order valence-corrected chi connectivity index (χ0v) is 10.9. The van der Waals surface area contributed by atoms with Crippen molar-refractivity contribution in [2.45, 2.75) is 38.3 Å². The molecular formula is C15H21NO2. The van der Waals surface area contributed by atoms with Crippen LogP contribution in [-0.4, -0.2) is 19.3 Å². The largest absolute Gasteiger partial charge is 0.490 e. The van der Waals surface area contributed by atoms with Gasteiger partial charge < -0.3 is 15.2 Å². The van der Waals surface area contributed by atoms with Crippen LogP contribution in [0.25, 0.3) is 0 Å². The molecule has 0 spiro atoms. The smallest absolute Gasteiger partial charge is 0.124 e. The second-order valence-electron chi connectivity index (χ2n) is 5.49. The molecule has 18 heavy (non-hydrogen) atoms. The molecule has 1 saturated heterocycles. The fourth-order valence-corrected chi connectivity index (χ4v) is 3.03.